The maximum atomic E-state index is 10.6. The van der Waals surface area contributed by atoms with E-state index in [2.05, 4.69) is 15.3 Å². The molecule has 0 atom stereocenters. The van der Waals surface area contributed by atoms with Crippen molar-refractivity contribution >= 4 is 17.0 Å². The summed E-state index contributed by atoms with van der Waals surface area (Å²) in [6.07, 6.45) is 2.09. The van der Waals surface area contributed by atoms with E-state index in [1.165, 1.54) is 12.1 Å². The van der Waals surface area contributed by atoms with Gasteiger partial charge in [0.1, 0.15) is 11.9 Å². The van der Waals surface area contributed by atoms with Gasteiger partial charge in [-0.25, -0.2) is 4.98 Å². The number of nitro benzene ring substituents is 1. The van der Waals surface area contributed by atoms with Crippen molar-refractivity contribution in [3.63, 3.8) is 0 Å². The highest BCUT2D eigenvalue weighted by Gasteiger charge is 2.21. The predicted molar refractivity (Wildman–Crippen MR) is 88.9 cm³/mol. The molecule has 2 heterocycles. The molecule has 1 aromatic heterocycles. The number of non-ortho nitro benzene ring substituents is 1. The fraction of sp³-hybridized carbons (Fsp3) is 0.438. The molecule has 1 aliphatic heterocycles. The average Bonchev–Trinajstić information content (AvgIpc) is 2.95. The van der Waals surface area contributed by atoms with Crippen LogP contribution in [0.2, 0.25) is 0 Å². The fourth-order valence-electron chi connectivity index (χ4n) is 2.73. The zero-order valence-corrected chi connectivity index (χ0v) is 13.8. The Morgan fingerprint density at radius 2 is 2.04 bits per heavy atom. The lowest BCUT2D eigenvalue weighted by Gasteiger charge is -2.31. The number of thiazole rings is 1. The molecule has 23 heavy (non-hydrogen) atoms. The zero-order chi connectivity index (χ0) is 16.2. The van der Waals surface area contributed by atoms with Crippen LogP contribution in [-0.4, -0.2) is 34.0 Å². The Morgan fingerprint density at radius 3 is 2.61 bits per heavy atom. The van der Waals surface area contributed by atoms with E-state index in [0.29, 0.717) is 5.75 Å². The van der Waals surface area contributed by atoms with Gasteiger partial charge in [0.15, 0.2) is 0 Å². The van der Waals surface area contributed by atoms with Crippen molar-refractivity contribution in [1.29, 1.82) is 0 Å². The normalized spacial score (nSPS) is 16.4. The number of hydrogen-bond donors (Lipinski definition) is 0. The van der Waals surface area contributed by atoms with E-state index in [1.807, 2.05) is 6.92 Å². The largest absolute Gasteiger partial charge is 0.490 e. The smallest absolute Gasteiger partial charge is 0.269 e. The molecule has 7 heteroatoms. The van der Waals surface area contributed by atoms with E-state index >= 15 is 0 Å². The Labute approximate surface area is 138 Å². The molecule has 1 aromatic carbocycles. The third kappa shape index (κ3) is 4.27. The molecular formula is C16H19N3O3S. The van der Waals surface area contributed by atoms with Crippen molar-refractivity contribution in [2.75, 3.05) is 13.1 Å². The number of benzene rings is 1. The zero-order valence-electron chi connectivity index (χ0n) is 13.0. The summed E-state index contributed by atoms with van der Waals surface area (Å²) >= 11 is 1.69. The highest BCUT2D eigenvalue weighted by atomic mass is 32.1. The lowest BCUT2D eigenvalue weighted by Crippen LogP contribution is -2.37. The summed E-state index contributed by atoms with van der Waals surface area (Å²) < 4.78 is 5.93. The molecule has 1 fully saturated rings. The summed E-state index contributed by atoms with van der Waals surface area (Å²) in [4.78, 5) is 17.1. The molecule has 0 aliphatic carbocycles. The van der Waals surface area contributed by atoms with E-state index in [-0.39, 0.29) is 11.8 Å². The first kappa shape index (κ1) is 15.9. The van der Waals surface area contributed by atoms with Gasteiger partial charge in [-0.1, -0.05) is 0 Å². The van der Waals surface area contributed by atoms with Gasteiger partial charge in [-0.2, -0.15) is 0 Å². The van der Waals surface area contributed by atoms with Crippen LogP contribution in [0.25, 0.3) is 0 Å². The second-order valence-electron chi connectivity index (χ2n) is 5.70. The number of aryl methyl sites for hydroxylation is 1. The summed E-state index contributed by atoms with van der Waals surface area (Å²) in [7, 11) is 0. The fourth-order valence-corrected chi connectivity index (χ4v) is 3.34. The minimum Gasteiger partial charge on any atom is -0.490 e. The maximum Gasteiger partial charge on any atom is 0.269 e. The van der Waals surface area contributed by atoms with Gasteiger partial charge >= 0.3 is 0 Å². The lowest BCUT2D eigenvalue weighted by molar-refractivity contribution is -0.384. The topological polar surface area (TPSA) is 68.5 Å². The van der Waals surface area contributed by atoms with Crippen LogP contribution in [0.3, 0.4) is 0 Å². The van der Waals surface area contributed by atoms with E-state index in [4.69, 9.17) is 4.74 Å². The number of hydrogen-bond acceptors (Lipinski definition) is 6. The minimum absolute atomic E-state index is 0.0886. The Balaban J connectivity index is 1.48. The van der Waals surface area contributed by atoms with Gasteiger partial charge < -0.3 is 4.74 Å². The van der Waals surface area contributed by atoms with Crippen molar-refractivity contribution in [2.24, 2.45) is 0 Å². The van der Waals surface area contributed by atoms with E-state index in [9.17, 15) is 10.1 Å². The van der Waals surface area contributed by atoms with Gasteiger partial charge in [0.05, 0.1) is 15.6 Å². The molecule has 1 aliphatic rings. The number of nitrogens with zero attached hydrogens (tertiary/aromatic N) is 3. The molecule has 3 rings (SSSR count). The third-order valence-electron chi connectivity index (χ3n) is 3.94. The number of ether oxygens (including phenoxy) is 1. The first-order chi connectivity index (χ1) is 11.1. The van der Waals surface area contributed by atoms with Crippen LogP contribution in [0, 0.1) is 17.0 Å². The summed E-state index contributed by atoms with van der Waals surface area (Å²) in [6.45, 7) is 4.88. The molecule has 0 N–H and O–H groups in total. The van der Waals surface area contributed by atoms with Crippen LogP contribution >= 0.6 is 11.3 Å². The quantitative estimate of drug-likeness (QED) is 0.619. The molecule has 122 valence electrons. The van der Waals surface area contributed by atoms with Gasteiger partial charge in [0.2, 0.25) is 0 Å². The number of aromatic nitrogens is 1. The van der Waals surface area contributed by atoms with Crippen LogP contribution in [0.5, 0.6) is 5.75 Å². The Kier molecular flexibility index (Phi) is 4.88. The minimum atomic E-state index is -0.400. The van der Waals surface area contributed by atoms with E-state index < -0.39 is 4.92 Å². The van der Waals surface area contributed by atoms with Crippen molar-refractivity contribution in [2.45, 2.75) is 32.4 Å². The molecule has 6 nitrogen and oxygen atoms in total. The van der Waals surface area contributed by atoms with Gasteiger partial charge in [-0.05, 0) is 31.9 Å². The predicted octanol–water partition coefficient (Wildman–Crippen LogP) is 3.40. The SMILES string of the molecule is Cc1nc(CN2CCC(Oc3ccc([N+](=O)[O-])cc3)CC2)cs1. The van der Waals surface area contributed by atoms with E-state index in [1.54, 1.807) is 23.5 Å². The van der Waals surface area contributed by atoms with Gasteiger partial charge in [-0.3, -0.25) is 15.0 Å². The van der Waals surface area contributed by atoms with Gasteiger partial charge in [0.25, 0.3) is 5.69 Å². The second kappa shape index (κ2) is 7.06. The summed E-state index contributed by atoms with van der Waals surface area (Å²) in [5, 5.41) is 13.9. The second-order valence-corrected chi connectivity index (χ2v) is 6.76. The van der Waals surface area contributed by atoms with Crippen LogP contribution < -0.4 is 4.74 Å². The lowest BCUT2D eigenvalue weighted by atomic mass is 10.1. The molecule has 0 bridgehead atoms. The highest BCUT2D eigenvalue weighted by molar-refractivity contribution is 7.09. The molecule has 2 aromatic rings. The summed E-state index contributed by atoms with van der Waals surface area (Å²) in [5.41, 5.74) is 1.23. The first-order valence-corrected chi connectivity index (χ1v) is 8.52. The van der Waals surface area contributed by atoms with Crippen LogP contribution in [0.15, 0.2) is 29.6 Å². The number of rotatable bonds is 5. The van der Waals surface area contributed by atoms with Crippen LogP contribution in [-0.2, 0) is 6.54 Å². The average molecular weight is 333 g/mol. The summed E-state index contributed by atoms with van der Waals surface area (Å²) in [5.74, 6) is 0.698. The maximum absolute atomic E-state index is 10.6. The first-order valence-electron chi connectivity index (χ1n) is 7.64. The Bertz CT molecular complexity index is 663. The molecule has 0 amide bonds. The molecule has 0 spiro atoms. The number of nitro groups is 1. The molecule has 0 radical (unpaired) electrons. The van der Waals surface area contributed by atoms with Gasteiger partial charge in [0, 0.05) is 37.1 Å². The van der Waals surface area contributed by atoms with E-state index in [0.717, 1.165) is 43.2 Å². The van der Waals surface area contributed by atoms with Crippen LogP contribution in [0.1, 0.15) is 23.5 Å². The summed E-state index contributed by atoms with van der Waals surface area (Å²) in [6, 6.07) is 6.30. The molecule has 0 saturated carbocycles. The Hall–Kier alpha value is -1.99. The molecule has 1 saturated heterocycles. The van der Waals surface area contributed by atoms with Crippen molar-refractivity contribution in [3.05, 3.63) is 50.5 Å². The van der Waals surface area contributed by atoms with Crippen molar-refractivity contribution < 1.29 is 9.66 Å². The molecular weight excluding hydrogens is 314 g/mol. The van der Waals surface area contributed by atoms with Crippen molar-refractivity contribution in [3.8, 4) is 5.75 Å². The van der Waals surface area contributed by atoms with Crippen molar-refractivity contribution in [1.82, 2.24) is 9.88 Å². The highest BCUT2D eigenvalue weighted by Crippen LogP contribution is 2.22. The molecule has 0 unspecified atom stereocenters. The third-order valence-corrected chi connectivity index (χ3v) is 4.76. The monoisotopic (exact) mass is 333 g/mol. The number of likely N-dealkylation sites (tertiary alicyclic amines) is 1. The van der Waals surface area contributed by atoms with Crippen LogP contribution in [0.4, 0.5) is 5.69 Å². The Morgan fingerprint density at radius 1 is 1.35 bits per heavy atom. The van der Waals surface area contributed by atoms with Gasteiger partial charge in [-0.15, -0.1) is 11.3 Å². The standard InChI is InChI=1S/C16H19N3O3S/c1-12-17-13(11-23-12)10-18-8-6-16(7-9-18)22-15-4-2-14(3-5-15)19(20)21/h2-5,11,16H,6-10H2,1H3. The number of piperidine rings is 1.